The molecular formula is C24H27N9O2. The topological polar surface area (TPSA) is 140 Å². The molecule has 1 saturated heterocycles. The minimum Gasteiger partial charge on any atom is -0.493 e. The van der Waals surface area contributed by atoms with Gasteiger partial charge in [-0.25, -0.2) is 9.79 Å². The van der Waals surface area contributed by atoms with Crippen molar-refractivity contribution in [1.82, 2.24) is 34.4 Å². The van der Waals surface area contributed by atoms with Crippen LogP contribution in [0, 0.1) is 0 Å². The van der Waals surface area contributed by atoms with E-state index in [0.717, 1.165) is 32.5 Å². The second-order valence-electron chi connectivity index (χ2n) is 9.14. The Morgan fingerprint density at radius 2 is 1.97 bits per heavy atom. The highest BCUT2D eigenvalue weighted by atomic mass is 16.3. The van der Waals surface area contributed by atoms with Crippen LogP contribution >= 0.6 is 0 Å². The quantitative estimate of drug-likeness (QED) is 0.310. The van der Waals surface area contributed by atoms with Gasteiger partial charge in [0.15, 0.2) is 5.65 Å². The summed E-state index contributed by atoms with van der Waals surface area (Å²) in [6, 6.07) is 10.6. The van der Waals surface area contributed by atoms with E-state index in [9.17, 15) is 9.90 Å². The number of nitrogens with zero attached hydrogens (tertiary/aromatic N) is 6. The minimum atomic E-state index is -0.487. The lowest BCUT2D eigenvalue weighted by Crippen LogP contribution is -2.31. The van der Waals surface area contributed by atoms with Crippen molar-refractivity contribution in [3.63, 3.8) is 0 Å². The summed E-state index contributed by atoms with van der Waals surface area (Å²) in [6.07, 6.45) is 7.77. The molecule has 1 unspecified atom stereocenters. The number of rotatable bonds is 7. The Balaban J connectivity index is 1.44. The lowest BCUT2D eigenvalue weighted by Gasteiger charge is -2.25. The number of fused-ring (bicyclic) bond motifs is 1. The summed E-state index contributed by atoms with van der Waals surface area (Å²) >= 11 is 0. The second-order valence-corrected chi connectivity index (χ2v) is 9.14. The maximum atomic E-state index is 11.6. The Bertz CT molecular complexity index is 1510. The van der Waals surface area contributed by atoms with E-state index in [4.69, 9.17) is 15.0 Å². The molecule has 11 nitrogen and oxygen atoms in total. The van der Waals surface area contributed by atoms with Crippen molar-refractivity contribution >= 4 is 17.7 Å². The summed E-state index contributed by atoms with van der Waals surface area (Å²) in [5, 5.41) is 18.6. The first-order valence-corrected chi connectivity index (χ1v) is 12.0. The number of aromatic hydroxyl groups is 1. The summed E-state index contributed by atoms with van der Waals surface area (Å²) in [7, 11) is 0. The third kappa shape index (κ3) is 4.67. The number of aromatic amines is 2. The van der Waals surface area contributed by atoms with Gasteiger partial charge in [-0.3, -0.25) is 4.98 Å². The molecule has 1 saturated carbocycles. The van der Waals surface area contributed by atoms with E-state index in [1.807, 2.05) is 18.2 Å². The molecule has 4 aromatic rings. The van der Waals surface area contributed by atoms with Crippen LogP contribution in [0.2, 0.25) is 0 Å². The number of anilines is 1. The molecule has 35 heavy (non-hydrogen) atoms. The molecule has 1 aliphatic carbocycles. The highest BCUT2D eigenvalue weighted by Gasteiger charge is 2.23. The summed E-state index contributed by atoms with van der Waals surface area (Å²) in [6.45, 7) is 3.03. The van der Waals surface area contributed by atoms with Crippen molar-refractivity contribution in [2.45, 2.75) is 37.8 Å². The molecule has 4 N–H and O–H groups in total. The fourth-order valence-corrected chi connectivity index (χ4v) is 4.44. The van der Waals surface area contributed by atoms with Gasteiger partial charge < -0.3 is 20.3 Å². The number of hydrogen-bond acceptors (Lipinski definition) is 8. The van der Waals surface area contributed by atoms with E-state index in [-0.39, 0.29) is 23.7 Å². The molecule has 2 fully saturated rings. The standard InChI is InChI=1S/C24H27N9O2/c34-21-18(28-24(35)30-21)12-16-13-25-33-20(16)29-22(31-23(33)26-17-8-9-17)27-19(14-32-10-4-5-11-32)15-6-2-1-3-7-15/h1-3,6-7,12-13,17,19,34H,4-5,8-11,14H2,(H,26,27,31)(H2,28,30,35)/b16-12+. The third-order valence-corrected chi connectivity index (χ3v) is 6.40. The van der Waals surface area contributed by atoms with Gasteiger partial charge in [0.2, 0.25) is 11.8 Å². The minimum absolute atomic E-state index is 0.00551. The zero-order valence-electron chi connectivity index (χ0n) is 19.2. The van der Waals surface area contributed by atoms with Gasteiger partial charge in [-0.1, -0.05) is 30.3 Å². The fourth-order valence-electron chi connectivity index (χ4n) is 4.44. The number of imidazole rings is 1. The van der Waals surface area contributed by atoms with Gasteiger partial charge in [0, 0.05) is 11.8 Å². The molecule has 1 atom stereocenters. The SMILES string of the molecule is O=c1[nH]c(O)c(/C=c2\cnn3c(=NC4CC4)nc(NC(CN4CCCC4)c4ccccc4)nc23)[nH]1. The summed E-state index contributed by atoms with van der Waals surface area (Å²) < 4.78 is 1.61. The smallest absolute Gasteiger partial charge is 0.326 e. The van der Waals surface area contributed by atoms with Crippen LogP contribution in [0.3, 0.4) is 0 Å². The molecule has 11 heteroatoms. The fraction of sp³-hybridized carbons (Fsp3) is 0.375. The Kier molecular flexibility index (Phi) is 5.53. The van der Waals surface area contributed by atoms with E-state index in [2.05, 4.69) is 37.4 Å². The normalized spacial score (nSPS) is 18.5. The molecular weight excluding hydrogens is 446 g/mol. The maximum Gasteiger partial charge on any atom is 0.326 e. The highest BCUT2D eigenvalue weighted by Crippen LogP contribution is 2.23. The molecule has 3 aromatic heterocycles. The predicted molar refractivity (Wildman–Crippen MR) is 130 cm³/mol. The number of nitrogens with one attached hydrogen (secondary N) is 3. The zero-order valence-corrected chi connectivity index (χ0v) is 19.2. The van der Waals surface area contributed by atoms with Crippen LogP contribution in [0.1, 0.15) is 43.0 Å². The van der Waals surface area contributed by atoms with Crippen LogP contribution in [-0.4, -0.2) is 65.2 Å². The molecule has 4 heterocycles. The number of hydrogen-bond donors (Lipinski definition) is 4. The lowest BCUT2D eigenvalue weighted by atomic mass is 10.1. The Hall–Kier alpha value is -3.99. The maximum absolute atomic E-state index is 11.6. The van der Waals surface area contributed by atoms with Crippen LogP contribution in [-0.2, 0) is 0 Å². The van der Waals surface area contributed by atoms with Crippen LogP contribution < -0.4 is 21.8 Å². The number of H-pyrrole nitrogens is 2. The Morgan fingerprint density at radius 1 is 1.17 bits per heavy atom. The number of aromatic nitrogens is 6. The van der Waals surface area contributed by atoms with E-state index in [1.165, 1.54) is 18.4 Å². The first kappa shape index (κ1) is 21.5. The lowest BCUT2D eigenvalue weighted by molar-refractivity contribution is 0.323. The molecule has 6 rings (SSSR count). The highest BCUT2D eigenvalue weighted by molar-refractivity contribution is 5.57. The van der Waals surface area contributed by atoms with Gasteiger partial charge in [0.1, 0.15) is 5.69 Å². The van der Waals surface area contributed by atoms with Gasteiger partial charge in [0.25, 0.3) is 5.62 Å². The predicted octanol–water partition coefficient (Wildman–Crippen LogP) is 0.706. The van der Waals surface area contributed by atoms with Crippen molar-refractivity contribution < 1.29 is 5.11 Å². The van der Waals surface area contributed by atoms with Gasteiger partial charge in [-0.15, -0.1) is 0 Å². The van der Waals surface area contributed by atoms with Crippen molar-refractivity contribution in [3.05, 3.63) is 69.1 Å². The molecule has 0 amide bonds. The number of likely N-dealkylation sites (tertiary alicyclic amines) is 1. The molecule has 1 aliphatic heterocycles. The van der Waals surface area contributed by atoms with E-state index in [1.54, 1.807) is 16.8 Å². The monoisotopic (exact) mass is 473 g/mol. The van der Waals surface area contributed by atoms with Crippen LogP contribution in [0.15, 0.2) is 46.3 Å². The van der Waals surface area contributed by atoms with Crippen molar-refractivity contribution in [3.8, 4) is 5.88 Å². The van der Waals surface area contributed by atoms with Crippen molar-refractivity contribution in [2.24, 2.45) is 4.99 Å². The van der Waals surface area contributed by atoms with Crippen LogP contribution in [0.4, 0.5) is 5.95 Å². The van der Waals surface area contributed by atoms with E-state index in [0.29, 0.717) is 22.4 Å². The average molecular weight is 474 g/mol. The van der Waals surface area contributed by atoms with Crippen molar-refractivity contribution in [2.75, 3.05) is 25.0 Å². The summed E-state index contributed by atoms with van der Waals surface area (Å²) in [5.74, 6) is 0.228. The van der Waals surface area contributed by atoms with E-state index < -0.39 is 5.69 Å². The molecule has 0 radical (unpaired) electrons. The summed E-state index contributed by atoms with van der Waals surface area (Å²) in [4.78, 5) is 33.2. The molecule has 0 bridgehead atoms. The van der Waals surface area contributed by atoms with Gasteiger partial charge >= 0.3 is 5.69 Å². The van der Waals surface area contributed by atoms with Gasteiger partial charge in [-0.05, 0) is 50.4 Å². The summed E-state index contributed by atoms with van der Waals surface area (Å²) in [5.41, 5.74) is 1.96. The zero-order chi connectivity index (χ0) is 23.8. The van der Waals surface area contributed by atoms with Crippen LogP contribution in [0.5, 0.6) is 5.88 Å². The molecule has 180 valence electrons. The molecule has 1 aromatic carbocycles. The van der Waals surface area contributed by atoms with Gasteiger partial charge in [0.05, 0.1) is 18.3 Å². The van der Waals surface area contributed by atoms with Gasteiger partial charge in [-0.2, -0.15) is 19.6 Å². The third-order valence-electron chi connectivity index (χ3n) is 6.40. The first-order chi connectivity index (χ1) is 17.1. The number of benzene rings is 1. The Labute approximate surface area is 200 Å². The average Bonchev–Trinajstić information content (AvgIpc) is 3.21. The molecule has 2 aliphatic rings. The largest absolute Gasteiger partial charge is 0.493 e. The van der Waals surface area contributed by atoms with Crippen molar-refractivity contribution in [1.29, 1.82) is 0 Å². The second kappa shape index (κ2) is 8.99. The molecule has 0 spiro atoms. The van der Waals surface area contributed by atoms with E-state index >= 15 is 0 Å². The Morgan fingerprint density at radius 3 is 2.69 bits per heavy atom. The first-order valence-electron chi connectivity index (χ1n) is 12.0. The van der Waals surface area contributed by atoms with Crippen LogP contribution in [0.25, 0.3) is 11.7 Å².